The van der Waals surface area contributed by atoms with Crippen molar-refractivity contribution in [3.05, 3.63) is 48.2 Å². The molecule has 3 aromatic rings. The molecule has 2 heterocycles. The lowest BCUT2D eigenvalue weighted by atomic mass is 10.1. The largest absolute Gasteiger partial charge is 0.489 e. The van der Waals surface area contributed by atoms with Gasteiger partial charge in [0.25, 0.3) is 0 Å². The van der Waals surface area contributed by atoms with Crippen molar-refractivity contribution in [2.24, 2.45) is 5.41 Å². The molecule has 160 valence electrons. The molecule has 1 aliphatic carbocycles. The first-order valence-electron chi connectivity index (χ1n) is 9.98. The average molecular weight is 422 g/mol. The summed E-state index contributed by atoms with van der Waals surface area (Å²) < 4.78 is 27.0. The van der Waals surface area contributed by atoms with Crippen LogP contribution in [0.15, 0.2) is 36.8 Å². The molecule has 31 heavy (non-hydrogen) atoms. The van der Waals surface area contributed by atoms with Gasteiger partial charge in [0.15, 0.2) is 11.6 Å². The molecule has 2 aromatic heterocycles. The molecule has 0 amide bonds. The summed E-state index contributed by atoms with van der Waals surface area (Å²) in [5.74, 6) is 0.0364. The van der Waals surface area contributed by atoms with Crippen LogP contribution in [-0.2, 0) is 11.3 Å². The van der Waals surface area contributed by atoms with Gasteiger partial charge in [-0.15, -0.1) is 0 Å². The monoisotopic (exact) mass is 422 g/mol. The maximum absolute atomic E-state index is 14.6. The van der Waals surface area contributed by atoms with Gasteiger partial charge in [-0.1, -0.05) is 0 Å². The second kappa shape index (κ2) is 8.70. The fraction of sp³-hybridized carbons (Fsp3) is 0.364. The number of rotatable bonds is 9. The van der Waals surface area contributed by atoms with Crippen LogP contribution in [0.3, 0.4) is 0 Å². The van der Waals surface area contributed by atoms with Gasteiger partial charge in [0.05, 0.1) is 42.2 Å². The summed E-state index contributed by atoms with van der Waals surface area (Å²) in [6.45, 7) is 3.28. The van der Waals surface area contributed by atoms with Crippen molar-refractivity contribution < 1.29 is 13.9 Å². The van der Waals surface area contributed by atoms with E-state index in [-0.39, 0.29) is 12.4 Å². The minimum atomic E-state index is -0.488. The third kappa shape index (κ3) is 4.81. The first-order chi connectivity index (χ1) is 15.0. The number of ether oxygens (including phenoxy) is 2. The molecule has 1 saturated carbocycles. The highest BCUT2D eigenvalue weighted by molar-refractivity contribution is 5.65. The maximum Gasteiger partial charge on any atom is 0.227 e. The Morgan fingerprint density at radius 3 is 2.87 bits per heavy atom. The van der Waals surface area contributed by atoms with E-state index in [2.05, 4.69) is 26.5 Å². The Balaban J connectivity index is 1.49. The van der Waals surface area contributed by atoms with E-state index in [4.69, 9.17) is 14.7 Å². The van der Waals surface area contributed by atoms with Crippen LogP contribution in [0.4, 0.5) is 16.0 Å². The Labute approximate surface area is 179 Å². The molecule has 0 bridgehead atoms. The zero-order valence-corrected chi connectivity index (χ0v) is 17.4. The van der Waals surface area contributed by atoms with Gasteiger partial charge >= 0.3 is 0 Å². The highest BCUT2D eigenvalue weighted by Crippen LogP contribution is 2.45. The van der Waals surface area contributed by atoms with Gasteiger partial charge in [0.2, 0.25) is 5.95 Å². The second-order valence-electron chi connectivity index (χ2n) is 7.66. The lowest BCUT2D eigenvalue weighted by Gasteiger charge is -2.12. The highest BCUT2D eigenvalue weighted by atomic mass is 19.1. The first kappa shape index (κ1) is 20.8. The zero-order valence-electron chi connectivity index (χ0n) is 17.4. The quantitative estimate of drug-likeness (QED) is 0.559. The number of nitrogens with zero attached hydrogens (tertiary/aromatic N) is 5. The Morgan fingerprint density at radius 1 is 1.32 bits per heavy atom. The van der Waals surface area contributed by atoms with Crippen LogP contribution < -0.4 is 10.1 Å². The predicted octanol–water partition coefficient (Wildman–Crippen LogP) is 3.86. The Bertz CT molecular complexity index is 1120. The van der Waals surface area contributed by atoms with Crippen LogP contribution in [0.25, 0.3) is 11.3 Å². The predicted molar refractivity (Wildman–Crippen MR) is 112 cm³/mol. The van der Waals surface area contributed by atoms with Gasteiger partial charge in [0, 0.05) is 25.1 Å². The molecule has 0 aliphatic heterocycles. The first-order valence-corrected chi connectivity index (χ1v) is 9.98. The molecule has 1 N–H and O–H groups in total. The van der Waals surface area contributed by atoms with E-state index in [0.717, 1.165) is 24.1 Å². The summed E-state index contributed by atoms with van der Waals surface area (Å²) in [5, 5.41) is 16.5. The molecule has 8 nitrogen and oxygen atoms in total. The molecule has 9 heteroatoms. The van der Waals surface area contributed by atoms with Gasteiger partial charge in [-0.25, -0.2) is 14.4 Å². The molecule has 1 fully saturated rings. The summed E-state index contributed by atoms with van der Waals surface area (Å²) in [7, 11) is 1.64. The van der Waals surface area contributed by atoms with E-state index in [9.17, 15) is 4.39 Å². The van der Waals surface area contributed by atoms with Crippen LogP contribution in [-0.4, -0.2) is 40.1 Å². The Morgan fingerprint density at radius 2 is 2.16 bits per heavy atom. The number of hydrogen-bond acceptors (Lipinski definition) is 7. The minimum absolute atomic E-state index is 0.138. The fourth-order valence-corrected chi connectivity index (χ4v) is 3.08. The Hall–Kier alpha value is -3.51. The van der Waals surface area contributed by atoms with Crippen molar-refractivity contribution >= 4 is 11.6 Å². The molecule has 1 aliphatic rings. The highest BCUT2D eigenvalue weighted by Gasteiger charge is 2.44. The number of nitrogens with one attached hydrogen (secondary N) is 1. The van der Waals surface area contributed by atoms with Gasteiger partial charge in [-0.05, 0) is 43.5 Å². The topological polar surface area (TPSA) is 97.9 Å². The second-order valence-corrected chi connectivity index (χ2v) is 7.66. The molecule has 0 unspecified atom stereocenters. The third-order valence-electron chi connectivity index (χ3n) is 5.19. The van der Waals surface area contributed by atoms with Gasteiger partial charge < -0.3 is 14.8 Å². The number of hydrogen-bond donors (Lipinski definition) is 1. The van der Waals surface area contributed by atoms with Crippen LogP contribution in [0.1, 0.15) is 18.4 Å². The number of anilines is 2. The summed E-state index contributed by atoms with van der Waals surface area (Å²) in [4.78, 5) is 8.86. The normalized spacial score (nSPS) is 14.1. The summed E-state index contributed by atoms with van der Waals surface area (Å²) in [5.41, 5.74) is 2.34. The third-order valence-corrected chi connectivity index (χ3v) is 5.19. The van der Waals surface area contributed by atoms with Crippen molar-refractivity contribution in [1.82, 2.24) is 19.7 Å². The van der Waals surface area contributed by atoms with Crippen molar-refractivity contribution in [3.8, 4) is 23.1 Å². The zero-order chi connectivity index (χ0) is 21.8. The van der Waals surface area contributed by atoms with Crippen LogP contribution in [0.2, 0.25) is 0 Å². The average Bonchev–Trinajstić information content (AvgIpc) is 3.43. The van der Waals surface area contributed by atoms with Crippen molar-refractivity contribution in [3.63, 3.8) is 0 Å². The van der Waals surface area contributed by atoms with Gasteiger partial charge in [-0.2, -0.15) is 10.4 Å². The maximum atomic E-state index is 14.6. The molecular formula is C22H23FN6O2. The van der Waals surface area contributed by atoms with E-state index in [1.165, 1.54) is 6.07 Å². The van der Waals surface area contributed by atoms with Crippen molar-refractivity contribution in [2.45, 2.75) is 26.3 Å². The summed E-state index contributed by atoms with van der Waals surface area (Å²) >= 11 is 0. The standard InChI is InChI=1S/C22H23FN6O2/c1-15-10-25-21(27-17-11-26-29(12-17)7-8-30-2)28-20(15)16-3-4-19(18(23)9-16)31-14-22(13-24)5-6-22/h3-4,9-12H,5-8,14H2,1-2H3,(H,25,27,28). The van der Waals surface area contributed by atoms with Crippen molar-refractivity contribution in [2.75, 3.05) is 25.6 Å². The van der Waals surface area contributed by atoms with Crippen LogP contribution in [0.5, 0.6) is 5.75 Å². The molecule has 1 aromatic carbocycles. The van der Waals surface area contributed by atoms with E-state index < -0.39 is 11.2 Å². The smallest absolute Gasteiger partial charge is 0.227 e. The number of nitriles is 1. The number of aryl methyl sites for hydroxylation is 1. The number of methoxy groups -OCH3 is 1. The van der Waals surface area contributed by atoms with Crippen LogP contribution in [0, 0.1) is 29.5 Å². The molecule has 4 rings (SSSR count). The molecule has 0 spiro atoms. The molecule has 0 atom stereocenters. The number of halogens is 1. The van der Waals surface area contributed by atoms with E-state index in [1.807, 2.05) is 13.1 Å². The minimum Gasteiger partial charge on any atom is -0.489 e. The molecule has 0 radical (unpaired) electrons. The lowest BCUT2D eigenvalue weighted by molar-refractivity contribution is 0.183. The van der Waals surface area contributed by atoms with E-state index in [1.54, 1.807) is 36.3 Å². The Kier molecular flexibility index (Phi) is 5.82. The number of benzene rings is 1. The van der Waals surface area contributed by atoms with Gasteiger partial charge in [-0.3, -0.25) is 4.68 Å². The fourth-order valence-electron chi connectivity index (χ4n) is 3.08. The van der Waals surface area contributed by atoms with E-state index >= 15 is 0 Å². The van der Waals surface area contributed by atoms with Gasteiger partial charge in [0.1, 0.15) is 6.61 Å². The molecule has 0 saturated heterocycles. The summed E-state index contributed by atoms with van der Waals surface area (Å²) in [6, 6.07) is 6.97. The van der Waals surface area contributed by atoms with E-state index in [0.29, 0.717) is 30.4 Å². The van der Waals surface area contributed by atoms with Crippen LogP contribution >= 0.6 is 0 Å². The SMILES string of the molecule is COCCn1cc(Nc2ncc(C)c(-c3ccc(OCC4(C#N)CC4)c(F)c3)n2)cn1. The molecular weight excluding hydrogens is 399 g/mol. The lowest BCUT2D eigenvalue weighted by Crippen LogP contribution is -2.11. The summed E-state index contributed by atoms with van der Waals surface area (Å²) in [6.07, 6.45) is 6.79. The van der Waals surface area contributed by atoms with Crippen molar-refractivity contribution in [1.29, 1.82) is 5.26 Å². The number of aromatic nitrogens is 4.